The van der Waals surface area contributed by atoms with Crippen molar-refractivity contribution in [1.82, 2.24) is 4.98 Å². The monoisotopic (exact) mass is 331 g/mol. The van der Waals surface area contributed by atoms with Crippen LogP contribution in [-0.2, 0) is 4.74 Å². The first-order valence-corrected chi connectivity index (χ1v) is 4.77. The van der Waals surface area contributed by atoms with E-state index in [2.05, 4.69) is 9.72 Å². The van der Waals surface area contributed by atoms with Gasteiger partial charge in [0.1, 0.15) is 11.3 Å². The van der Waals surface area contributed by atoms with Gasteiger partial charge in [-0.05, 0) is 28.7 Å². The van der Waals surface area contributed by atoms with Gasteiger partial charge >= 0.3 is 5.97 Å². The third kappa shape index (κ3) is 2.58. The van der Waals surface area contributed by atoms with Crippen LogP contribution in [0.3, 0.4) is 0 Å². The Bertz CT molecular complexity index is 374. The minimum absolute atomic E-state index is 0.0438. The van der Waals surface area contributed by atoms with Crippen molar-refractivity contribution >= 4 is 28.6 Å². The van der Waals surface area contributed by atoms with Crippen LogP contribution in [0.4, 0.5) is 13.2 Å². The van der Waals surface area contributed by atoms with E-state index in [1.54, 1.807) is 22.6 Å². The predicted molar refractivity (Wildman–Crippen MR) is 53.2 cm³/mol. The lowest BCUT2D eigenvalue weighted by Gasteiger charge is -2.05. The molecule has 0 aromatic carbocycles. The number of hydrogen-bond donors (Lipinski definition) is 0. The number of carbonyl (C=O) groups excluding carboxylic acids is 1. The molecule has 15 heavy (non-hydrogen) atoms. The number of methoxy groups -OCH3 is 1. The summed E-state index contributed by atoms with van der Waals surface area (Å²) in [7, 11) is 1.07. The Balaban J connectivity index is 3.27. The van der Waals surface area contributed by atoms with Gasteiger partial charge in [0.25, 0.3) is 6.43 Å². The van der Waals surface area contributed by atoms with Gasteiger partial charge in [-0.1, -0.05) is 0 Å². The molecule has 0 spiro atoms. The topological polar surface area (TPSA) is 39.2 Å². The lowest BCUT2D eigenvalue weighted by molar-refractivity contribution is 0.0591. The molecule has 0 aliphatic rings. The fraction of sp³-hybridized carbons (Fsp3) is 0.250. The van der Waals surface area contributed by atoms with Crippen LogP contribution in [0.5, 0.6) is 0 Å². The standard InChI is InChI=1S/C8H5F3INO2/c1-15-8(14)5-3(12)2-4(6(9)10)13-7(5)11/h2,6H,1H3. The van der Waals surface area contributed by atoms with Gasteiger partial charge in [0.2, 0.25) is 5.95 Å². The van der Waals surface area contributed by atoms with E-state index in [9.17, 15) is 18.0 Å². The lowest BCUT2D eigenvalue weighted by Crippen LogP contribution is -2.10. The summed E-state index contributed by atoms with van der Waals surface area (Å²) in [5.41, 5.74) is -1.13. The zero-order valence-corrected chi connectivity index (χ0v) is 9.59. The van der Waals surface area contributed by atoms with Gasteiger partial charge in [0, 0.05) is 3.57 Å². The number of rotatable bonds is 2. The van der Waals surface area contributed by atoms with E-state index in [0.29, 0.717) is 0 Å². The Morgan fingerprint density at radius 3 is 2.60 bits per heavy atom. The van der Waals surface area contributed by atoms with E-state index in [-0.39, 0.29) is 3.57 Å². The Hall–Kier alpha value is -0.860. The third-order valence-corrected chi connectivity index (χ3v) is 2.41. The largest absolute Gasteiger partial charge is 0.465 e. The molecule has 3 nitrogen and oxygen atoms in total. The molecule has 82 valence electrons. The van der Waals surface area contributed by atoms with Gasteiger partial charge < -0.3 is 4.74 Å². The maximum atomic E-state index is 13.2. The molecule has 0 unspecified atom stereocenters. The molecule has 1 aromatic heterocycles. The van der Waals surface area contributed by atoms with Gasteiger partial charge in [-0.3, -0.25) is 0 Å². The summed E-state index contributed by atoms with van der Waals surface area (Å²) in [6, 6.07) is 0.945. The molecule has 0 aliphatic carbocycles. The highest BCUT2D eigenvalue weighted by Gasteiger charge is 2.21. The quantitative estimate of drug-likeness (QED) is 0.475. The molecule has 0 amide bonds. The minimum Gasteiger partial charge on any atom is -0.465 e. The van der Waals surface area contributed by atoms with Crippen LogP contribution in [0.25, 0.3) is 0 Å². The first-order chi connectivity index (χ1) is 6.97. The highest BCUT2D eigenvalue weighted by atomic mass is 127. The van der Waals surface area contributed by atoms with Crippen molar-refractivity contribution in [3.05, 3.63) is 26.8 Å². The SMILES string of the molecule is COC(=O)c1c(I)cc(C(F)F)nc1F. The van der Waals surface area contributed by atoms with Crippen LogP contribution in [0.2, 0.25) is 0 Å². The van der Waals surface area contributed by atoms with E-state index in [4.69, 9.17) is 0 Å². The number of hydrogen-bond acceptors (Lipinski definition) is 3. The second-order valence-corrected chi connectivity index (χ2v) is 3.65. The number of nitrogens with zero attached hydrogens (tertiary/aromatic N) is 1. The second-order valence-electron chi connectivity index (χ2n) is 2.49. The van der Waals surface area contributed by atoms with Crippen LogP contribution in [0.15, 0.2) is 6.07 Å². The molecule has 0 bridgehead atoms. The number of alkyl halides is 2. The van der Waals surface area contributed by atoms with E-state index < -0.39 is 29.6 Å². The molecule has 1 heterocycles. The fourth-order valence-corrected chi connectivity index (χ4v) is 1.66. The molecular formula is C8H5F3INO2. The van der Waals surface area contributed by atoms with Crippen LogP contribution in [0.1, 0.15) is 22.5 Å². The molecule has 0 aliphatic heterocycles. The van der Waals surface area contributed by atoms with Crippen LogP contribution in [-0.4, -0.2) is 18.1 Å². The van der Waals surface area contributed by atoms with Gasteiger partial charge in [0.15, 0.2) is 0 Å². The van der Waals surface area contributed by atoms with Crippen LogP contribution < -0.4 is 0 Å². The van der Waals surface area contributed by atoms with E-state index in [1.807, 2.05) is 0 Å². The molecular weight excluding hydrogens is 326 g/mol. The number of halogens is 4. The van der Waals surface area contributed by atoms with Crippen molar-refractivity contribution in [2.24, 2.45) is 0 Å². The average molecular weight is 331 g/mol. The fourth-order valence-electron chi connectivity index (χ4n) is 0.898. The van der Waals surface area contributed by atoms with E-state index >= 15 is 0 Å². The smallest absolute Gasteiger partial charge is 0.343 e. The van der Waals surface area contributed by atoms with Gasteiger partial charge in [-0.25, -0.2) is 18.6 Å². The average Bonchev–Trinajstić information content (AvgIpc) is 2.16. The van der Waals surface area contributed by atoms with Crippen molar-refractivity contribution < 1.29 is 22.7 Å². The summed E-state index contributed by atoms with van der Waals surface area (Å²) in [6.45, 7) is 0. The Morgan fingerprint density at radius 1 is 1.60 bits per heavy atom. The predicted octanol–water partition coefficient (Wildman–Crippen LogP) is 2.55. The molecule has 1 rings (SSSR count). The number of aromatic nitrogens is 1. The molecule has 0 saturated heterocycles. The molecule has 0 N–H and O–H groups in total. The summed E-state index contributed by atoms with van der Waals surface area (Å²) in [4.78, 5) is 14.0. The number of carbonyl (C=O) groups is 1. The van der Waals surface area contributed by atoms with Gasteiger partial charge in [0.05, 0.1) is 7.11 Å². The highest BCUT2D eigenvalue weighted by Crippen LogP contribution is 2.23. The van der Waals surface area contributed by atoms with Crippen LogP contribution >= 0.6 is 22.6 Å². The molecule has 0 fully saturated rings. The van der Waals surface area contributed by atoms with Crippen molar-refractivity contribution in [2.75, 3.05) is 7.11 Å². The zero-order chi connectivity index (χ0) is 11.6. The third-order valence-electron chi connectivity index (χ3n) is 1.56. The highest BCUT2D eigenvalue weighted by molar-refractivity contribution is 14.1. The molecule has 1 aromatic rings. The number of ether oxygens (including phenoxy) is 1. The van der Waals surface area contributed by atoms with Crippen molar-refractivity contribution in [3.8, 4) is 0 Å². The van der Waals surface area contributed by atoms with Crippen molar-refractivity contribution in [1.29, 1.82) is 0 Å². The normalized spacial score (nSPS) is 10.5. The molecule has 0 radical (unpaired) electrons. The lowest BCUT2D eigenvalue weighted by atomic mass is 10.2. The first kappa shape index (κ1) is 12.2. The van der Waals surface area contributed by atoms with E-state index in [1.165, 1.54) is 0 Å². The maximum absolute atomic E-state index is 13.2. The summed E-state index contributed by atoms with van der Waals surface area (Å²) in [6.07, 6.45) is -2.88. The van der Waals surface area contributed by atoms with Crippen LogP contribution in [0, 0.1) is 9.52 Å². The van der Waals surface area contributed by atoms with Crippen molar-refractivity contribution in [2.45, 2.75) is 6.43 Å². The summed E-state index contributed by atoms with van der Waals surface area (Å²) in [5, 5.41) is 0. The zero-order valence-electron chi connectivity index (χ0n) is 7.43. The maximum Gasteiger partial charge on any atom is 0.343 e. The molecule has 7 heteroatoms. The molecule has 0 saturated carbocycles. The van der Waals surface area contributed by atoms with Gasteiger partial charge in [-0.15, -0.1) is 0 Å². The first-order valence-electron chi connectivity index (χ1n) is 3.69. The van der Waals surface area contributed by atoms with Gasteiger partial charge in [-0.2, -0.15) is 4.39 Å². The van der Waals surface area contributed by atoms with E-state index in [0.717, 1.165) is 13.2 Å². The summed E-state index contributed by atoms with van der Waals surface area (Å²) in [5.74, 6) is -2.19. The Kier molecular flexibility index (Phi) is 3.89. The second kappa shape index (κ2) is 4.77. The summed E-state index contributed by atoms with van der Waals surface area (Å²) < 4.78 is 41.9. The van der Waals surface area contributed by atoms with Crippen molar-refractivity contribution in [3.63, 3.8) is 0 Å². The number of esters is 1. The number of pyridine rings is 1. The summed E-state index contributed by atoms with van der Waals surface area (Å²) >= 11 is 1.57. The Morgan fingerprint density at radius 2 is 2.20 bits per heavy atom. The minimum atomic E-state index is -2.88. The molecule has 0 atom stereocenters. The Labute approximate surface area is 96.8 Å².